The molecule has 0 radical (unpaired) electrons. The molecule has 3 rings (SSSR count). The normalized spacial score (nSPS) is 18.6. The van der Waals surface area contributed by atoms with Crippen molar-refractivity contribution in [3.8, 4) is 0 Å². The molecule has 1 saturated heterocycles. The van der Waals surface area contributed by atoms with E-state index in [9.17, 15) is 9.59 Å². The third-order valence-electron chi connectivity index (χ3n) is 4.41. The number of rotatable bonds is 4. The van der Waals surface area contributed by atoms with Crippen LogP contribution in [0, 0.1) is 0 Å². The van der Waals surface area contributed by atoms with Gasteiger partial charge in [0, 0.05) is 17.4 Å². The van der Waals surface area contributed by atoms with Gasteiger partial charge >= 0.3 is 12.1 Å². The summed E-state index contributed by atoms with van der Waals surface area (Å²) >= 11 is 0. The van der Waals surface area contributed by atoms with Gasteiger partial charge in [0.15, 0.2) is 0 Å². The minimum atomic E-state index is -0.352. The summed E-state index contributed by atoms with van der Waals surface area (Å²) in [6.45, 7) is 2.93. The van der Waals surface area contributed by atoms with Crippen molar-refractivity contribution in [2.24, 2.45) is 0 Å². The predicted octanol–water partition coefficient (Wildman–Crippen LogP) is 3.65. The zero-order chi connectivity index (χ0) is 16.9. The SMILES string of the molecule is C[C@@H](NC(=O)Nc1cccc(N2CCOC2=O)c1)C1=CCCCC1. The monoisotopic (exact) mass is 329 g/mol. The topological polar surface area (TPSA) is 70.7 Å². The van der Waals surface area contributed by atoms with Crippen LogP contribution in [-0.2, 0) is 4.74 Å². The van der Waals surface area contributed by atoms with Crippen LogP contribution >= 0.6 is 0 Å². The lowest BCUT2D eigenvalue weighted by Gasteiger charge is -2.21. The summed E-state index contributed by atoms with van der Waals surface area (Å²) in [5, 5.41) is 5.81. The number of nitrogens with zero attached hydrogens (tertiary/aromatic N) is 1. The molecule has 3 amide bonds. The lowest BCUT2D eigenvalue weighted by molar-refractivity contribution is 0.181. The van der Waals surface area contributed by atoms with E-state index in [1.807, 2.05) is 19.1 Å². The van der Waals surface area contributed by atoms with Crippen molar-refractivity contribution in [2.75, 3.05) is 23.4 Å². The van der Waals surface area contributed by atoms with Crippen LogP contribution in [0.2, 0.25) is 0 Å². The Morgan fingerprint density at radius 1 is 1.33 bits per heavy atom. The molecule has 2 aliphatic rings. The average Bonchev–Trinajstić information content (AvgIpc) is 3.02. The second-order valence-corrected chi connectivity index (χ2v) is 6.16. The molecule has 1 atom stereocenters. The van der Waals surface area contributed by atoms with Gasteiger partial charge in [0.25, 0.3) is 0 Å². The first kappa shape index (κ1) is 16.4. The van der Waals surface area contributed by atoms with Crippen molar-refractivity contribution in [2.45, 2.75) is 38.6 Å². The summed E-state index contributed by atoms with van der Waals surface area (Å²) in [5.41, 5.74) is 2.66. The Kier molecular flexibility index (Phi) is 5.03. The molecule has 0 aromatic heterocycles. The van der Waals surface area contributed by atoms with Gasteiger partial charge in [-0.1, -0.05) is 17.7 Å². The van der Waals surface area contributed by atoms with Gasteiger partial charge in [0.1, 0.15) is 6.61 Å². The Labute approximate surface area is 141 Å². The quantitative estimate of drug-likeness (QED) is 0.828. The van der Waals surface area contributed by atoms with E-state index in [0.29, 0.717) is 18.8 Å². The summed E-state index contributed by atoms with van der Waals surface area (Å²) in [6, 6.07) is 7.00. The van der Waals surface area contributed by atoms with Crippen LogP contribution in [0.4, 0.5) is 21.0 Å². The molecule has 0 saturated carbocycles. The molecular formula is C18H23N3O3. The molecule has 1 fully saturated rings. The first-order valence-corrected chi connectivity index (χ1v) is 8.44. The average molecular weight is 329 g/mol. The van der Waals surface area contributed by atoms with Crippen molar-refractivity contribution >= 4 is 23.5 Å². The number of hydrogen-bond donors (Lipinski definition) is 2. The first-order chi connectivity index (χ1) is 11.6. The number of carbonyl (C=O) groups excluding carboxylic acids is 2. The Morgan fingerprint density at radius 2 is 2.21 bits per heavy atom. The first-order valence-electron chi connectivity index (χ1n) is 8.44. The lowest BCUT2D eigenvalue weighted by atomic mass is 9.95. The highest BCUT2D eigenvalue weighted by molar-refractivity contribution is 5.93. The van der Waals surface area contributed by atoms with Gasteiger partial charge in [0.2, 0.25) is 0 Å². The molecule has 128 valence electrons. The Balaban J connectivity index is 1.60. The van der Waals surface area contributed by atoms with E-state index in [4.69, 9.17) is 4.74 Å². The van der Waals surface area contributed by atoms with Crippen LogP contribution in [-0.4, -0.2) is 31.3 Å². The molecular weight excluding hydrogens is 306 g/mol. The minimum absolute atomic E-state index is 0.0297. The second kappa shape index (κ2) is 7.38. The van der Waals surface area contributed by atoms with Gasteiger partial charge in [-0.05, 0) is 50.8 Å². The molecule has 1 aromatic rings. The third-order valence-corrected chi connectivity index (χ3v) is 4.41. The highest BCUT2D eigenvalue weighted by atomic mass is 16.6. The Bertz CT molecular complexity index is 657. The summed E-state index contributed by atoms with van der Waals surface area (Å²) in [5.74, 6) is 0. The Hall–Kier alpha value is -2.50. The minimum Gasteiger partial charge on any atom is -0.447 e. The van der Waals surface area contributed by atoms with Crippen molar-refractivity contribution < 1.29 is 14.3 Å². The molecule has 6 nitrogen and oxygen atoms in total. The van der Waals surface area contributed by atoms with Crippen molar-refractivity contribution in [1.29, 1.82) is 0 Å². The fourth-order valence-electron chi connectivity index (χ4n) is 3.09. The number of ether oxygens (including phenoxy) is 1. The van der Waals surface area contributed by atoms with Gasteiger partial charge in [-0.15, -0.1) is 0 Å². The smallest absolute Gasteiger partial charge is 0.414 e. The number of allylic oxidation sites excluding steroid dienone is 1. The zero-order valence-electron chi connectivity index (χ0n) is 13.9. The Morgan fingerprint density at radius 3 is 2.92 bits per heavy atom. The van der Waals surface area contributed by atoms with Gasteiger partial charge in [-0.25, -0.2) is 9.59 Å². The molecule has 0 spiro atoms. The number of carbonyl (C=O) groups is 2. The fourth-order valence-corrected chi connectivity index (χ4v) is 3.09. The molecule has 1 aromatic carbocycles. The number of anilines is 2. The maximum Gasteiger partial charge on any atom is 0.414 e. The maximum absolute atomic E-state index is 12.2. The predicted molar refractivity (Wildman–Crippen MR) is 93.3 cm³/mol. The largest absolute Gasteiger partial charge is 0.447 e. The molecule has 0 unspecified atom stereocenters. The number of nitrogens with one attached hydrogen (secondary N) is 2. The molecule has 1 aliphatic heterocycles. The highest BCUT2D eigenvalue weighted by Crippen LogP contribution is 2.23. The summed E-state index contributed by atoms with van der Waals surface area (Å²) in [6.07, 6.45) is 6.44. The summed E-state index contributed by atoms with van der Waals surface area (Å²) < 4.78 is 4.94. The summed E-state index contributed by atoms with van der Waals surface area (Å²) in [4.78, 5) is 25.4. The van der Waals surface area contributed by atoms with E-state index < -0.39 is 0 Å². The van der Waals surface area contributed by atoms with Crippen LogP contribution in [0.1, 0.15) is 32.6 Å². The molecule has 1 heterocycles. The van der Waals surface area contributed by atoms with Crippen molar-refractivity contribution in [3.05, 3.63) is 35.9 Å². The van der Waals surface area contributed by atoms with E-state index in [1.165, 1.54) is 18.4 Å². The van der Waals surface area contributed by atoms with Gasteiger partial charge in [-0.3, -0.25) is 4.90 Å². The molecule has 0 bridgehead atoms. The zero-order valence-corrected chi connectivity index (χ0v) is 13.9. The van der Waals surface area contributed by atoms with Gasteiger partial charge in [0.05, 0.1) is 6.54 Å². The number of hydrogen-bond acceptors (Lipinski definition) is 3. The lowest BCUT2D eigenvalue weighted by Crippen LogP contribution is -2.37. The van der Waals surface area contributed by atoms with E-state index in [0.717, 1.165) is 18.5 Å². The third kappa shape index (κ3) is 3.88. The van der Waals surface area contributed by atoms with E-state index in [-0.39, 0.29) is 18.2 Å². The van der Waals surface area contributed by atoms with Crippen molar-refractivity contribution in [3.63, 3.8) is 0 Å². The second-order valence-electron chi connectivity index (χ2n) is 6.16. The standard InChI is InChI=1S/C18H23N3O3/c1-13(14-6-3-2-4-7-14)19-17(22)20-15-8-5-9-16(12-15)21-10-11-24-18(21)23/h5-6,8-9,12-13H,2-4,7,10-11H2,1H3,(H2,19,20,22)/t13-/m1/s1. The summed E-state index contributed by atoms with van der Waals surface area (Å²) in [7, 11) is 0. The van der Waals surface area contributed by atoms with E-state index >= 15 is 0 Å². The molecule has 6 heteroatoms. The van der Waals surface area contributed by atoms with Gasteiger partial charge < -0.3 is 15.4 Å². The van der Waals surface area contributed by atoms with Crippen LogP contribution in [0.15, 0.2) is 35.9 Å². The highest BCUT2D eigenvalue weighted by Gasteiger charge is 2.23. The fraction of sp³-hybridized carbons (Fsp3) is 0.444. The van der Waals surface area contributed by atoms with Gasteiger partial charge in [-0.2, -0.15) is 0 Å². The molecule has 24 heavy (non-hydrogen) atoms. The van der Waals surface area contributed by atoms with E-state index in [1.54, 1.807) is 17.0 Å². The van der Waals surface area contributed by atoms with Crippen LogP contribution in [0.5, 0.6) is 0 Å². The van der Waals surface area contributed by atoms with Crippen LogP contribution in [0.25, 0.3) is 0 Å². The van der Waals surface area contributed by atoms with Crippen LogP contribution in [0.3, 0.4) is 0 Å². The van der Waals surface area contributed by atoms with Crippen molar-refractivity contribution in [1.82, 2.24) is 5.32 Å². The maximum atomic E-state index is 12.2. The number of cyclic esters (lactones) is 1. The number of urea groups is 1. The molecule has 1 aliphatic carbocycles. The number of amides is 3. The van der Waals surface area contributed by atoms with E-state index in [2.05, 4.69) is 16.7 Å². The molecule has 2 N–H and O–H groups in total. The van der Waals surface area contributed by atoms with Crippen LogP contribution < -0.4 is 15.5 Å². The number of benzene rings is 1.